The van der Waals surface area contributed by atoms with Crippen LogP contribution in [0.2, 0.25) is 0 Å². The van der Waals surface area contributed by atoms with E-state index in [2.05, 4.69) is 10.5 Å². The summed E-state index contributed by atoms with van der Waals surface area (Å²) in [5.41, 5.74) is 2.95. The Hall–Kier alpha value is -3.62. The zero-order chi connectivity index (χ0) is 17.8. The van der Waals surface area contributed by atoms with E-state index in [0.29, 0.717) is 22.6 Å². The highest BCUT2D eigenvalue weighted by Crippen LogP contribution is 2.32. The number of methoxy groups -OCH3 is 1. The van der Waals surface area contributed by atoms with Crippen molar-refractivity contribution in [3.63, 3.8) is 0 Å². The SMILES string of the molecule is COc1ccc(/C=N\NC(=O)c2ccc3c(c2)OCO3)cc1[N+](=O)[O-]. The summed E-state index contributed by atoms with van der Waals surface area (Å²) in [5.74, 6) is 0.761. The van der Waals surface area contributed by atoms with Gasteiger partial charge in [0, 0.05) is 17.2 Å². The normalized spacial score (nSPS) is 12.2. The number of amides is 1. The van der Waals surface area contributed by atoms with Crippen LogP contribution in [-0.2, 0) is 0 Å². The fourth-order valence-corrected chi connectivity index (χ4v) is 2.20. The van der Waals surface area contributed by atoms with Crippen molar-refractivity contribution in [3.05, 3.63) is 57.6 Å². The number of nitrogens with zero attached hydrogens (tertiary/aromatic N) is 2. The Bertz CT molecular complexity index is 865. The van der Waals surface area contributed by atoms with E-state index in [1.54, 1.807) is 24.3 Å². The topological polar surface area (TPSA) is 112 Å². The number of carbonyl (C=O) groups is 1. The molecule has 1 heterocycles. The number of hydrazone groups is 1. The highest BCUT2D eigenvalue weighted by Gasteiger charge is 2.16. The van der Waals surface area contributed by atoms with E-state index in [1.807, 2.05) is 0 Å². The average Bonchev–Trinajstić information content (AvgIpc) is 3.09. The van der Waals surface area contributed by atoms with Gasteiger partial charge in [-0.25, -0.2) is 5.43 Å². The monoisotopic (exact) mass is 343 g/mol. The van der Waals surface area contributed by atoms with Crippen LogP contribution in [0.1, 0.15) is 15.9 Å². The minimum Gasteiger partial charge on any atom is -0.490 e. The van der Waals surface area contributed by atoms with Crippen LogP contribution in [-0.4, -0.2) is 30.9 Å². The van der Waals surface area contributed by atoms with Crippen LogP contribution in [0.15, 0.2) is 41.5 Å². The molecule has 25 heavy (non-hydrogen) atoms. The van der Waals surface area contributed by atoms with Crippen LogP contribution in [0.25, 0.3) is 0 Å². The Kier molecular flexibility index (Phi) is 4.46. The standard InChI is InChI=1S/C16H13N3O6/c1-23-13-4-2-10(6-12(13)19(21)22)8-17-18-16(20)11-3-5-14-15(7-11)25-9-24-14/h2-8H,9H2,1H3,(H,18,20)/b17-8-. The Labute approximate surface area is 142 Å². The summed E-state index contributed by atoms with van der Waals surface area (Å²) >= 11 is 0. The van der Waals surface area contributed by atoms with Crippen molar-refractivity contribution in [3.8, 4) is 17.2 Å². The third-order valence-electron chi connectivity index (χ3n) is 3.41. The van der Waals surface area contributed by atoms with Gasteiger partial charge in [0.25, 0.3) is 5.91 Å². The molecule has 9 nitrogen and oxygen atoms in total. The van der Waals surface area contributed by atoms with Crippen molar-refractivity contribution >= 4 is 17.8 Å². The molecule has 2 aromatic rings. The van der Waals surface area contributed by atoms with Gasteiger partial charge >= 0.3 is 5.69 Å². The molecule has 0 spiro atoms. The molecular weight excluding hydrogens is 330 g/mol. The fourth-order valence-electron chi connectivity index (χ4n) is 2.20. The molecule has 128 valence electrons. The molecule has 1 aliphatic rings. The minimum atomic E-state index is -0.554. The number of nitro groups is 1. The van der Waals surface area contributed by atoms with Crippen molar-refractivity contribution < 1.29 is 23.9 Å². The largest absolute Gasteiger partial charge is 0.490 e. The van der Waals surface area contributed by atoms with Crippen LogP contribution < -0.4 is 19.6 Å². The predicted molar refractivity (Wildman–Crippen MR) is 87.3 cm³/mol. The lowest BCUT2D eigenvalue weighted by Crippen LogP contribution is -2.17. The van der Waals surface area contributed by atoms with Gasteiger partial charge in [-0.3, -0.25) is 14.9 Å². The van der Waals surface area contributed by atoms with Crippen LogP contribution in [0, 0.1) is 10.1 Å². The second-order valence-corrected chi connectivity index (χ2v) is 4.96. The number of hydrogen-bond acceptors (Lipinski definition) is 7. The van der Waals surface area contributed by atoms with E-state index < -0.39 is 10.8 Å². The highest BCUT2D eigenvalue weighted by atomic mass is 16.7. The molecule has 0 aliphatic carbocycles. The molecule has 0 unspecified atom stereocenters. The lowest BCUT2D eigenvalue weighted by Gasteiger charge is -2.03. The van der Waals surface area contributed by atoms with Gasteiger partial charge < -0.3 is 14.2 Å². The van der Waals surface area contributed by atoms with Gasteiger partial charge in [0.05, 0.1) is 18.2 Å². The van der Waals surface area contributed by atoms with Gasteiger partial charge in [-0.1, -0.05) is 0 Å². The highest BCUT2D eigenvalue weighted by molar-refractivity contribution is 5.95. The minimum absolute atomic E-state index is 0.120. The van der Waals surface area contributed by atoms with Crippen molar-refractivity contribution in [1.82, 2.24) is 5.43 Å². The van der Waals surface area contributed by atoms with Crippen LogP contribution in [0.5, 0.6) is 17.2 Å². The maximum atomic E-state index is 12.1. The van der Waals surface area contributed by atoms with Crippen LogP contribution in [0.3, 0.4) is 0 Å². The molecular formula is C16H13N3O6. The lowest BCUT2D eigenvalue weighted by atomic mass is 10.2. The van der Waals surface area contributed by atoms with Crippen molar-refractivity contribution in [2.45, 2.75) is 0 Å². The molecule has 0 atom stereocenters. The number of benzene rings is 2. The first-order chi connectivity index (χ1) is 12.1. The van der Waals surface area contributed by atoms with Crippen molar-refractivity contribution in [2.75, 3.05) is 13.9 Å². The average molecular weight is 343 g/mol. The zero-order valence-electron chi connectivity index (χ0n) is 13.1. The van der Waals surface area contributed by atoms with Gasteiger partial charge in [0.1, 0.15) is 0 Å². The van der Waals surface area contributed by atoms with Crippen LogP contribution in [0.4, 0.5) is 5.69 Å². The number of ether oxygens (including phenoxy) is 3. The fraction of sp³-hybridized carbons (Fsp3) is 0.125. The molecule has 1 aliphatic heterocycles. The summed E-state index contributed by atoms with van der Waals surface area (Å²) in [7, 11) is 1.35. The molecule has 2 aromatic carbocycles. The number of hydrogen-bond donors (Lipinski definition) is 1. The quantitative estimate of drug-likeness (QED) is 0.505. The first-order valence-corrected chi connectivity index (χ1v) is 7.14. The molecule has 3 rings (SSSR count). The van der Waals surface area contributed by atoms with Gasteiger partial charge in [-0.15, -0.1) is 0 Å². The Balaban J connectivity index is 1.69. The summed E-state index contributed by atoms with van der Waals surface area (Å²) in [6.45, 7) is 0.120. The van der Waals surface area contributed by atoms with E-state index in [-0.39, 0.29) is 18.2 Å². The van der Waals surface area contributed by atoms with Crippen molar-refractivity contribution in [2.24, 2.45) is 5.10 Å². The summed E-state index contributed by atoms with van der Waals surface area (Å²) in [5, 5.41) is 14.8. The summed E-state index contributed by atoms with van der Waals surface area (Å²) < 4.78 is 15.3. The smallest absolute Gasteiger partial charge is 0.311 e. The van der Waals surface area contributed by atoms with Gasteiger partial charge in [0.15, 0.2) is 17.2 Å². The van der Waals surface area contributed by atoms with Crippen LogP contribution >= 0.6 is 0 Å². The number of nitrogens with one attached hydrogen (secondary N) is 1. The van der Waals surface area contributed by atoms with Gasteiger partial charge in [-0.05, 0) is 30.3 Å². The van der Waals surface area contributed by atoms with E-state index in [0.717, 1.165) is 0 Å². The summed E-state index contributed by atoms with van der Waals surface area (Å²) in [6.07, 6.45) is 1.30. The van der Waals surface area contributed by atoms with E-state index in [4.69, 9.17) is 14.2 Å². The Morgan fingerprint density at radius 3 is 2.84 bits per heavy atom. The molecule has 0 bridgehead atoms. The third kappa shape index (κ3) is 3.50. The first kappa shape index (κ1) is 16.2. The number of nitro benzene ring substituents is 1. The molecule has 1 N–H and O–H groups in total. The number of fused-ring (bicyclic) bond motifs is 1. The summed E-state index contributed by atoms with van der Waals surface area (Å²) in [6, 6.07) is 9.10. The Morgan fingerprint density at radius 2 is 2.08 bits per heavy atom. The maximum absolute atomic E-state index is 12.1. The van der Waals surface area contributed by atoms with Gasteiger partial charge in [-0.2, -0.15) is 5.10 Å². The van der Waals surface area contributed by atoms with E-state index in [1.165, 1.54) is 25.5 Å². The second kappa shape index (κ2) is 6.87. The molecule has 0 saturated heterocycles. The third-order valence-corrected chi connectivity index (χ3v) is 3.41. The first-order valence-electron chi connectivity index (χ1n) is 7.14. The van der Waals surface area contributed by atoms with E-state index >= 15 is 0 Å². The second-order valence-electron chi connectivity index (χ2n) is 4.96. The molecule has 0 radical (unpaired) electrons. The number of carbonyl (C=O) groups excluding carboxylic acids is 1. The van der Waals surface area contributed by atoms with Gasteiger partial charge in [0.2, 0.25) is 6.79 Å². The Morgan fingerprint density at radius 1 is 1.28 bits per heavy atom. The molecule has 0 fully saturated rings. The molecule has 9 heteroatoms. The molecule has 0 saturated carbocycles. The van der Waals surface area contributed by atoms with E-state index in [9.17, 15) is 14.9 Å². The number of rotatable bonds is 5. The predicted octanol–water partition coefficient (Wildman–Crippen LogP) is 2.10. The zero-order valence-corrected chi connectivity index (χ0v) is 13.1. The molecule has 0 aromatic heterocycles. The maximum Gasteiger partial charge on any atom is 0.311 e. The summed E-state index contributed by atoms with van der Waals surface area (Å²) in [4.78, 5) is 22.5. The lowest BCUT2D eigenvalue weighted by molar-refractivity contribution is -0.385. The van der Waals surface area contributed by atoms with Crippen molar-refractivity contribution in [1.29, 1.82) is 0 Å². The molecule has 1 amide bonds.